The molecule has 2 aromatic rings. The third kappa shape index (κ3) is 5.56. The third-order valence-electron chi connectivity index (χ3n) is 7.77. The van der Waals surface area contributed by atoms with Gasteiger partial charge in [-0.3, -0.25) is 14.5 Å². The van der Waals surface area contributed by atoms with Crippen LogP contribution in [-0.2, 0) is 27.4 Å². The van der Waals surface area contributed by atoms with Gasteiger partial charge in [-0.15, -0.1) is 0 Å². The molecule has 0 aromatic heterocycles. The zero-order valence-electron chi connectivity index (χ0n) is 22.1. The molecule has 5 rings (SSSR count). The molecule has 38 heavy (non-hydrogen) atoms. The average molecular weight is 522 g/mol. The topological polar surface area (TPSA) is 88.6 Å². The SMILES string of the molecule is COc1cc(OC2CCN(C(C)=O)CC2)ccc1CC(=O)N1CCC(N2C(=O)OCc3ccccc32)CC1. The number of methoxy groups -OCH3 is 1. The summed E-state index contributed by atoms with van der Waals surface area (Å²) < 4.78 is 17.1. The molecule has 3 aliphatic heterocycles. The fraction of sp³-hybridized carbons (Fsp3) is 0.483. The van der Waals surface area contributed by atoms with Crippen LogP contribution in [-0.4, -0.2) is 73.1 Å². The van der Waals surface area contributed by atoms with Gasteiger partial charge in [-0.2, -0.15) is 0 Å². The van der Waals surface area contributed by atoms with Gasteiger partial charge in [0.15, 0.2) is 0 Å². The van der Waals surface area contributed by atoms with Crippen LogP contribution in [0.3, 0.4) is 0 Å². The first kappa shape index (κ1) is 25.9. The first-order chi connectivity index (χ1) is 18.4. The number of anilines is 1. The first-order valence-corrected chi connectivity index (χ1v) is 13.3. The molecule has 0 radical (unpaired) electrons. The minimum atomic E-state index is -0.315. The number of amides is 3. The van der Waals surface area contributed by atoms with E-state index < -0.39 is 0 Å². The smallest absolute Gasteiger partial charge is 0.414 e. The zero-order valence-corrected chi connectivity index (χ0v) is 22.1. The summed E-state index contributed by atoms with van der Waals surface area (Å²) in [6.07, 6.45) is 2.94. The summed E-state index contributed by atoms with van der Waals surface area (Å²) in [4.78, 5) is 42.7. The minimum absolute atomic E-state index is 0.00119. The van der Waals surface area contributed by atoms with Crippen molar-refractivity contribution in [3.63, 3.8) is 0 Å². The van der Waals surface area contributed by atoms with Gasteiger partial charge < -0.3 is 24.0 Å². The van der Waals surface area contributed by atoms with E-state index in [4.69, 9.17) is 14.2 Å². The van der Waals surface area contributed by atoms with Crippen LogP contribution in [0, 0.1) is 0 Å². The standard InChI is InChI=1S/C29H35N3O6/c1-20(33)30-15-11-24(12-16-30)38-25-8-7-21(27(18-25)36-2)17-28(34)31-13-9-23(10-14-31)32-26-6-4-3-5-22(26)19-37-29(32)35/h3-8,18,23-24H,9-17,19H2,1-2H3. The fourth-order valence-corrected chi connectivity index (χ4v) is 5.59. The Hall–Kier alpha value is -3.75. The molecule has 0 N–H and O–H groups in total. The summed E-state index contributed by atoms with van der Waals surface area (Å²) in [5, 5.41) is 0. The molecule has 0 unspecified atom stereocenters. The Morgan fingerprint density at radius 2 is 1.68 bits per heavy atom. The number of hydrogen-bond acceptors (Lipinski definition) is 6. The van der Waals surface area contributed by atoms with Crippen molar-refractivity contribution < 1.29 is 28.6 Å². The molecule has 0 aliphatic carbocycles. The van der Waals surface area contributed by atoms with Gasteiger partial charge in [0, 0.05) is 69.2 Å². The van der Waals surface area contributed by atoms with Crippen molar-refractivity contribution in [3.8, 4) is 11.5 Å². The number of rotatable bonds is 6. The Morgan fingerprint density at radius 3 is 2.39 bits per heavy atom. The number of carbonyl (C=O) groups excluding carboxylic acids is 3. The van der Waals surface area contributed by atoms with Crippen molar-refractivity contribution in [2.45, 2.75) is 57.8 Å². The first-order valence-electron chi connectivity index (χ1n) is 13.3. The number of ether oxygens (including phenoxy) is 3. The molecule has 0 spiro atoms. The van der Waals surface area contributed by atoms with E-state index in [1.807, 2.05) is 52.3 Å². The molecule has 9 nitrogen and oxygen atoms in total. The van der Waals surface area contributed by atoms with Gasteiger partial charge in [0.1, 0.15) is 24.2 Å². The normalized spacial score (nSPS) is 18.6. The van der Waals surface area contributed by atoms with E-state index >= 15 is 0 Å². The third-order valence-corrected chi connectivity index (χ3v) is 7.77. The summed E-state index contributed by atoms with van der Waals surface area (Å²) in [6, 6.07) is 13.4. The Balaban J connectivity index is 1.16. The second kappa shape index (κ2) is 11.3. The van der Waals surface area contributed by atoms with Gasteiger partial charge in [0.2, 0.25) is 11.8 Å². The van der Waals surface area contributed by atoms with E-state index in [0.717, 1.165) is 29.7 Å². The highest BCUT2D eigenvalue weighted by molar-refractivity contribution is 5.91. The number of piperidine rings is 2. The van der Waals surface area contributed by atoms with Crippen LogP contribution in [0.5, 0.6) is 11.5 Å². The van der Waals surface area contributed by atoms with Crippen molar-refractivity contribution in [2.24, 2.45) is 0 Å². The summed E-state index contributed by atoms with van der Waals surface area (Å²) in [5.74, 6) is 1.46. The van der Waals surface area contributed by atoms with Gasteiger partial charge in [-0.05, 0) is 25.0 Å². The van der Waals surface area contributed by atoms with Crippen molar-refractivity contribution >= 4 is 23.6 Å². The Bertz CT molecular complexity index is 1180. The number of cyclic esters (lactones) is 1. The maximum Gasteiger partial charge on any atom is 0.414 e. The highest BCUT2D eigenvalue weighted by Gasteiger charge is 2.35. The summed E-state index contributed by atoms with van der Waals surface area (Å²) in [6.45, 7) is 4.46. The molecule has 0 saturated carbocycles. The van der Waals surface area contributed by atoms with Gasteiger partial charge in [-0.25, -0.2) is 4.79 Å². The molecule has 2 aromatic carbocycles. The number of hydrogen-bond donors (Lipinski definition) is 0. The minimum Gasteiger partial charge on any atom is -0.496 e. The van der Waals surface area contributed by atoms with Gasteiger partial charge in [0.25, 0.3) is 0 Å². The second-order valence-electron chi connectivity index (χ2n) is 10.1. The Morgan fingerprint density at radius 1 is 0.974 bits per heavy atom. The summed E-state index contributed by atoms with van der Waals surface area (Å²) >= 11 is 0. The van der Waals surface area contributed by atoms with Crippen molar-refractivity contribution in [2.75, 3.05) is 38.2 Å². The van der Waals surface area contributed by atoms with E-state index in [1.54, 1.807) is 18.9 Å². The lowest BCUT2D eigenvalue weighted by molar-refractivity contribution is -0.132. The van der Waals surface area contributed by atoms with E-state index in [1.165, 1.54) is 0 Å². The maximum atomic E-state index is 13.2. The lowest BCUT2D eigenvalue weighted by Gasteiger charge is -2.40. The number of fused-ring (bicyclic) bond motifs is 1. The molecule has 3 aliphatic rings. The fourth-order valence-electron chi connectivity index (χ4n) is 5.59. The maximum absolute atomic E-state index is 13.2. The van der Waals surface area contributed by atoms with Crippen LogP contribution in [0.4, 0.5) is 10.5 Å². The number of para-hydroxylation sites is 1. The second-order valence-corrected chi connectivity index (χ2v) is 10.1. The van der Waals surface area contributed by atoms with Crippen LogP contribution in [0.2, 0.25) is 0 Å². The van der Waals surface area contributed by atoms with Gasteiger partial charge >= 0.3 is 6.09 Å². The lowest BCUT2D eigenvalue weighted by Crippen LogP contribution is -2.50. The van der Waals surface area contributed by atoms with Gasteiger partial charge in [0.05, 0.1) is 19.2 Å². The summed E-state index contributed by atoms with van der Waals surface area (Å²) in [7, 11) is 1.60. The largest absolute Gasteiger partial charge is 0.496 e. The number of likely N-dealkylation sites (tertiary alicyclic amines) is 2. The van der Waals surface area contributed by atoms with Crippen LogP contribution >= 0.6 is 0 Å². The van der Waals surface area contributed by atoms with E-state index in [2.05, 4.69) is 0 Å². The number of nitrogens with zero attached hydrogens (tertiary/aromatic N) is 3. The molecule has 2 fully saturated rings. The van der Waals surface area contributed by atoms with Crippen molar-refractivity contribution in [1.82, 2.24) is 9.80 Å². The molecular weight excluding hydrogens is 486 g/mol. The van der Waals surface area contributed by atoms with Crippen molar-refractivity contribution in [3.05, 3.63) is 53.6 Å². The quantitative estimate of drug-likeness (QED) is 0.575. The van der Waals surface area contributed by atoms with Crippen LogP contribution in [0.15, 0.2) is 42.5 Å². The van der Waals surface area contributed by atoms with Crippen LogP contribution in [0.25, 0.3) is 0 Å². The highest BCUT2D eigenvalue weighted by Crippen LogP contribution is 2.32. The molecule has 0 atom stereocenters. The van der Waals surface area contributed by atoms with E-state index in [-0.39, 0.29) is 36.5 Å². The molecular formula is C29H35N3O6. The predicted octanol–water partition coefficient (Wildman–Crippen LogP) is 3.78. The van der Waals surface area contributed by atoms with Gasteiger partial charge in [-0.1, -0.05) is 24.3 Å². The molecule has 2 saturated heterocycles. The summed E-state index contributed by atoms with van der Waals surface area (Å²) in [5.41, 5.74) is 2.73. The van der Waals surface area contributed by atoms with Crippen molar-refractivity contribution in [1.29, 1.82) is 0 Å². The molecule has 0 bridgehead atoms. The van der Waals surface area contributed by atoms with Crippen LogP contribution < -0.4 is 14.4 Å². The van der Waals surface area contributed by atoms with E-state index in [0.29, 0.717) is 57.1 Å². The van der Waals surface area contributed by atoms with Crippen LogP contribution in [0.1, 0.15) is 43.7 Å². The zero-order chi connectivity index (χ0) is 26.6. The number of benzene rings is 2. The molecule has 202 valence electrons. The Labute approximate surface area is 223 Å². The highest BCUT2D eigenvalue weighted by atomic mass is 16.6. The monoisotopic (exact) mass is 521 g/mol. The lowest BCUT2D eigenvalue weighted by atomic mass is 10.00. The number of carbonyl (C=O) groups is 3. The average Bonchev–Trinajstić information content (AvgIpc) is 2.94. The molecule has 3 heterocycles. The molecule has 3 amide bonds. The van der Waals surface area contributed by atoms with E-state index in [9.17, 15) is 14.4 Å². The predicted molar refractivity (Wildman–Crippen MR) is 141 cm³/mol. The molecule has 9 heteroatoms. The Kier molecular flexibility index (Phi) is 7.72.